The molecule has 0 saturated carbocycles. The molecule has 0 unspecified atom stereocenters. The molecule has 4 aromatic rings. The van der Waals surface area contributed by atoms with Crippen molar-refractivity contribution in [1.82, 2.24) is 18.9 Å². The second-order valence-corrected chi connectivity index (χ2v) is 6.86. The highest BCUT2D eigenvalue weighted by Gasteiger charge is 2.14. The summed E-state index contributed by atoms with van der Waals surface area (Å²) >= 11 is 0. The summed E-state index contributed by atoms with van der Waals surface area (Å²) in [5.41, 5.74) is 5.23. The summed E-state index contributed by atoms with van der Waals surface area (Å²) in [5.74, 6) is 0.350. The van der Waals surface area contributed by atoms with Crippen LogP contribution in [0.15, 0.2) is 69.3 Å². The van der Waals surface area contributed by atoms with Crippen LogP contribution in [0, 0.1) is 6.92 Å². The molecular formula is C22H22N6O2. The van der Waals surface area contributed by atoms with Crippen molar-refractivity contribution in [2.75, 3.05) is 5.43 Å². The predicted octanol–water partition coefficient (Wildman–Crippen LogP) is 2.66. The summed E-state index contributed by atoms with van der Waals surface area (Å²) in [6, 6.07) is 16.6. The maximum Gasteiger partial charge on any atom is 0.274 e. The SMILES string of the molecule is CCn1c(N/N=C\c2c(C)c(=O)n(-c3ccccc3)n2C)nc2ccccc2c1=O. The molecule has 8 heteroatoms. The molecule has 30 heavy (non-hydrogen) atoms. The minimum absolute atomic E-state index is 0.112. The number of rotatable bonds is 5. The molecule has 4 rings (SSSR count). The summed E-state index contributed by atoms with van der Waals surface area (Å²) in [5, 5.41) is 4.83. The van der Waals surface area contributed by atoms with Gasteiger partial charge in [0.1, 0.15) is 0 Å². The van der Waals surface area contributed by atoms with Crippen LogP contribution in [0.3, 0.4) is 0 Å². The van der Waals surface area contributed by atoms with E-state index in [0.29, 0.717) is 34.7 Å². The Kier molecular flexibility index (Phi) is 5.05. The lowest BCUT2D eigenvalue weighted by Crippen LogP contribution is -2.23. The van der Waals surface area contributed by atoms with Crippen LogP contribution in [-0.4, -0.2) is 25.1 Å². The lowest BCUT2D eigenvalue weighted by molar-refractivity contribution is 0.643. The van der Waals surface area contributed by atoms with Gasteiger partial charge in [-0.3, -0.25) is 18.8 Å². The number of hydrogen-bond donors (Lipinski definition) is 1. The van der Waals surface area contributed by atoms with Gasteiger partial charge in [0, 0.05) is 19.2 Å². The molecule has 0 saturated heterocycles. The molecule has 2 aromatic heterocycles. The van der Waals surface area contributed by atoms with E-state index in [1.54, 1.807) is 41.7 Å². The Morgan fingerprint density at radius 1 is 1.03 bits per heavy atom. The molecule has 1 N–H and O–H groups in total. The molecule has 0 aliphatic rings. The number of nitrogens with one attached hydrogen (secondary N) is 1. The maximum absolute atomic E-state index is 12.7. The van der Waals surface area contributed by atoms with Crippen molar-refractivity contribution in [3.8, 4) is 5.69 Å². The van der Waals surface area contributed by atoms with Crippen molar-refractivity contribution in [3.63, 3.8) is 0 Å². The quantitative estimate of drug-likeness (QED) is 0.411. The number of anilines is 1. The van der Waals surface area contributed by atoms with Crippen molar-refractivity contribution in [2.45, 2.75) is 20.4 Å². The van der Waals surface area contributed by atoms with E-state index in [4.69, 9.17) is 0 Å². The number of hydrazone groups is 1. The highest BCUT2D eigenvalue weighted by atomic mass is 16.1. The third-order valence-corrected chi connectivity index (χ3v) is 5.08. The van der Waals surface area contributed by atoms with Crippen molar-refractivity contribution >= 4 is 23.1 Å². The molecule has 0 spiro atoms. The minimum atomic E-state index is -0.125. The second kappa shape index (κ2) is 7.82. The van der Waals surface area contributed by atoms with Gasteiger partial charge >= 0.3 is 0 Å². The standard InChI is InChI=1S/C22H22N6O2/c1-4-27-21(30)17-12-8-9-13-18(17)24-22(27)25-23-14-19-15(2)20(29)28(26(19)3)16-10-6-5-7-11-16/h5-14H,4H2,1-3H3,(H,24,25)/b23-14-. The van der Waals surface area contributed by atoms with E-state index in [1.165, 1.54) is 4.57 Å². The van der Waals surface area contributed by atoms with Gasteiger partial charge in [-0.15, -0.1) is 0 Å². The van der Waals surface area contributed by atoms with Crippen LogP contribution >= 0.6 is 0 Å². The molecule has 2 aromatic carbocycles. The van der Waals surface area contributed by atoms with E-state index in [-0.39, 0.29) is 11.1 Å². The van der Waals surface area contributed by atoms with Gasteiger partial charge in [0.15, 0.2) is 0 Å². The first-order valence-corrected chi connectivity index (χ1v) is 9.65. The van der Waals surface area contributed by atoms with Crippen LogP contribution < -0.4 is 16.5 Å². The largest absolute Gasteiger partial charge is 0.279 e. The summed E-state index contributed by atoms with van der Waals surface area (Å²) < 4.78 is 4.87. The van der Waals surface area contributed by atoms with Crippen LogP contribution in [-0.2, 0) is 13.6 Å². The van der Waals surface area contributed by atoms with E-state index >= 15 is 0 Å². The summed E-state index contributed by atoms with van der Waals surface area (Å²) in [7, 11) is 1.80. The average molecular weight is 402 g/mol. The van der Waals surface area contributed by atoms with Gasteiger partial charge in [-0.1, -0.05) is 30.3 Å². The number of fused-ring (bicyclic) bond motifs is 1. The number of benzene rings is 2. The highest BCUT2D eigenvalue weighted by Crippen LogP contribution is 2.12. The Bertz CT molecular complexity index is 1360. The normalized spacial score (nSPS) is 11.4. The zero-order valence-electron chi connectivity index (χ0n) is 17.0. The van der Waals surface area contributed by atoms with Crippen molar-refractivity contribution < 1.29 is 0 Å². The maximum atomic E-state index is 12.7. The van der Waals surface area contributed by atoms with Gasteiger partial charge in [0.25, 0.3) is 11.1 Å². The molecular weight excluding hydrogens is 380 g/mol. The topological polar surface area (TPSA) is 86.2 Å². The third-order valence-electron chi connectivity index (χ3n) is 5.08. The number of para-hydroxylation sites is 2. The van der Waals surface area contributed by atoms with Gasteiger partial charge in [0.05, 0.1) is 28.5 Å². The highest BCUT2D eigenvalue weighted by molar-refractivity contribution is 5.81. The van der Waals surface area contributed by atoms with Crippen LogP contribution in [0.25, 0.3) is 16.6 Å². The van der Waals surface area contributed by atoms with Crippen LogP contribution in [0.5, 0.6) is 0 Å². The summed E-state index contributed by atoms with van der Waals surface area (Å²) in [4.78, 5) is 30.0. The molecule has 152 valence electrons. The molecule has 8 nitrogen and oxygen atoms in total. The molecule has 0 aliphatic carbocycles. The fourth-order valence-electron chi connectivity index (χ4n) is 3.49. The minimum Gasteiger partial charge on any atom is -0.279 e. The Hall–Kier alpha value is -3.94. The molecule has 0 bridgehead atoms. The smallest absolute Gasteiger partial charge is 0.274 e. The Balaban J connectivity index is 1.71. The van der Waals surface area contributed by atoms with Crippen molar-refractivity contribution in [1.29, 1.82) is 0 Å². The lowest BCUT2D eigenvalue weighted by Gasteiger charge is -2.10. The second-order valence-electron chi connectivity index (χ2n) is 6.86. The number of hydrogen-bond acceptors (Lipinski definition) is 5. The van der Waals surface area contributed by atoms with Crippen molar-refractivity contribution in [3.05, 3.63) is 86.6 Å². The van der Waals surface area contributed by atoms with Gasteiger partial charge in [-0.25, -0.2) is 15.1 Å². The molecule has 2 heterocycles. The zero-order chi connectivity index (χ0) is 21.3. The van der Waals surface area contributed by atoms with E-state index in [9.17, 15) is 9.59 Å². The molecule has 0 atom stereocenters. The van der Waals surface area contributed by atoms with E-state index in [1.807, 2.05) is 49.4 Å². The van der Waals surface area contributed by atoms with Gasteiger partial charge in [-0.05, 0) is 38.1 Å². The van der Waals surface area contributed by atoms with Gasteiger partial charge in [-0.2, -0.15) is 5.10 Å². The first-order valence-electron chi connectivity index (χ1n) is 9.65. The van der Waals surface area contributed by atoms with Crippen LogP contribution in [0.2, 0.25) is 0 Å². The molecule has 0 fully saturated rings. The summed E-state index contributed by atoms with van der Waals surface area (Å²) in [6.07, 6.45) is 1.57. The number of aromatic nitrogens is 4. The number of nitrogens with zero attached hydrogens (tertiary/aromatic N) is 5. The molecule has 0 radical (unpaired) electrons. The fourth-order valence-corrected chi connectivity index (χ4v) is 3.49. The fraction of sp³-hybridized carbons (Fsp3) is 0.182. The van der Waals surface area contributed by atoms with Crippen molar-refractivity contribution in [2.24, 2.45) is 12.1 Å². The Morgan fingerprint density at radius 3 is 2.47 bits per heavy atom. The Labute approximate surface area is 172 Å². The first-order chi connectivity index (χ1) is 14.5. The first kappa shape index (κ1) is 19.4. The Morgan fingerprint density at radius 2 is 1.73 bits per heavy atom. The van der Waals surface area contributed by atoms with Gasteiger partial charge in [0.2, 0.25) is 5.95 Å². The third kappa shape index (κ3) is 3.22. The van der Waals surface area contributed by atoms with Crippen LogP contribution in [0.4, 0.5) is 5.95 Å². The van der Waals surface area contributed by atoms with E-state index in [0.717, 1.165) is 5.69 Å². The average Bonchev–Trinajstić information content (AvgIpc) is 2.97. The van der Waals surface area contributed by atoms with Crippen LogP contribution in [0.1, 0.15) is 18.2 Å². The lowest BCUT2D eigenvalue weighted by atomic mass is 10.2. The van der Waals surface area contributed by atoms with Gasteiger partial charge < -0.3 is 0 Å². The molecule has 0 amide bonds. The zero-order valence-corrected chi connectivity index (χ0v) is 17.0. The van der Waals surface area contributed by atoms with E-state index in [2.05, 4.69) is 15.5 Å². The predicted molar refractivity (Wildman–Crippen MR) is 119 cm³/mol. The monoisotopic (exact) mass is 402 g/mol. The van der Waals surface area contributed by atoms with E-state index < -0.39 is 0 Å². The molecule has 0 aliphatic heterocycles. The summed E-state index contributed by atoms with van der Waals surface area (Å²) in [6.45, 7) is 4.09.